The van der Waals surface area contributed by atoms with E-state index in [0.717, 1.165) is 6.07 Å². The monoisotopic (exact) mass is 448 g/mol. The number of benzene rings is 2. The molecule has 32 heavy (non-hydrogen) atoms. The lowest BCUT2D eigenvalue weighted by Crippen LogP contribution is -2.61. The van der Waals surface area contributed by atoms with E-state index < -0.39 is 42.8 Å². The van der Waals surface area contributed by atoms with Crippen molar-refractivity contribution in [2.75, 3.05) is 0 Å². The van der Waals surface area contributed by atoms with Crippen LogP contribution in [0.4, 0.5) is 0 Å². The van der Waals surface area contributed by atoms with Crippen molar-refractivity contribution in [3.05, 3.63) is 47.5 Å². The van der Waals surface area contributed by atoms with E-state index >= 15 is 0 Å². The average molecular weight is 448 g/mol. The van der Waals surface area contributed by atoms with Gasteiger partial charge in [-0.05, 0) is 17.7 Å². The number of hydrogen-bond donors (Lipinski definition) is 6. The number of phenols is 2. The van der Waals surface area contributed by atoms with E-state index in [1.54, 1.807) is 12.1 Å². The summed E-state index contributed by atoms with van der Waals surface area (Å²) in [7, 11) is 0. The molecule has 0 radical (unpaired) electrons. The number of carbonyl (C=O) groups excluding carboxylic acids is 1. The Morgan fingerprint density at radius 3 is 2.34 bits per heavy atom. The highest BCUT2D eigenvalue weighted by atomic mass is 16.7. The van der Waals surface area contributed by atoms with Crippen LogP contribution in [0.25, 0.3) is 0 Å². The summed E-state index contributed by atoms with van der Waals surface area (Å²) in [5.41, 5.74) is 0.569. The molecule has 11 nitrogen and oxygen atoms in total. The number of fused-ring (bicyclic) bond motifs is 1. The molecule has 1 fully saturated rings. The van der Waals surface area contributed by atoms with E-state index in [1.807, 2.05) is 0 Å². The van der Waals surface area contributed by atoms with Gasteiger partial charge in [-0.15, -0.1) is 0 Å². The van der Waals surface area contributed by atoms with Gasteiger partial charge in [0.15, 0.2) is 11.9 Å². The van der Waals surface area contributed by atoms with Gasteiger partial charge in [-0.3, -0.25) is 4.79 Å². The number of phenolic OH excluding ortho intramolecular Hbond substituents is 2. The van der Waals surface area contributed by atoms with Crippen LogP contribution < -0.4 is 9.47 Å². The van der Waals surface area contributed by atoms with Crippen molar-refractivity contribution in [3.8, 4) is 23.0 Å². The molecule has 2 aliphatic heterocycles. The maximum atomic E-state index is 12.4. The number of aliphatic hydroxyl groups is 3. The van der Waals surface area contributed by atoms with Crippen LogP contribution in [0.1, 0.15) is 28.4 Å². The molecule has 0 aromatic heterocycles. The summed E-state index contributed by atoms with van der Waals surface area (Å²) in [5, 5.41) is 58.3. The molecule has 0 amide bonds. The van der Waals surface area contributed by atoms with E-state index in [-0.39, 0.29) is 40.8 Å². The van der Waals surface area contributed by atoms with Gasteiger partial charge in [0.1, 0.15) is 53.0 Å². The summed E-state index contributed by atoms with van der Waals surface area (Å²) in [4.78, 5) is 23.6. The third kappa shape index (κ3) is 3.94. The van der Waals surface area contributed by atoms with E-state index in [1.165, 1.54) is 18.2 Å². The van der Waals surface area contributed by atoms with Crippen LogP contribution in [0.15, 0.2) is 36.4 Å². The van der Waals surface area contributed by atoms with Crippen LogP contribution in [0.2, 0.25) is 0 Å². The number of aromatic hydroxyl groups is 2. The van der Waals surface area contributed by atoms with Crippen LogP contribution in [-0.2, 0) is 9.53 Å². The number of aliphatic carboxylic acids is 1. The molecular weight excluding hydrogens is 428 g/mol. The van der Waals surface area contributed by atoms with Crippen molar-refractivity contribution in [1.82, 2.24) is 0 Å². The number of ketones is 1. The largest absolute Gasteiger partial charge is 0.508 e. The standard InChI is InChI=1S/C21H20O11/c22-9-5-11(23)15-12(24)7-13(31-14(15)6-9)8-1-3-10(4-2-8)30-21-18(27)16(25)17(26)19(32-21)20(28)29/h1-6,13,16-19,21-23,25-27H,7H2,(H,28,29)/t13?,16-,17-,18+,19-,21+/m0/s1. The number of carboxylic acid groups (broad SMARTS) is 1. The maximum absolute atomic E-state index is 12.4. The Morgan fingerprint density at radius 1 is 1.00 bits per heavy atom. The minimum absolute atomic E-state index is 0.00355. The Labute approximate surface area is 180 Å². The van der Waals surface area contributed by atoms with Crippen molar-refractivity contribution >= 4 is 11.8 Å². The van der Waals surface area contributed by atoms with Crippen molar-refractivity contribution in [2.45, 2.75) is 43.2 Å². The molecule has 0 bridgehead atoms. The molecule has 2 heterocycles. The van der Waals surface area contributed by atoms with Crippen LogP contribution in [0.3, 0.4) is 0 Å². The van der Waals surface area contributed by atoms with Gasteiger partial charge in [-0.2, -0.15) is 0 Å². The lowest BCUT2D eigenvalue weighted by Gasteiger charge is -2.38. The smallest absolute Gasteiger partial charge is 0.335 e. The molecule has 4 rings (SSSR count). The minimum atomic E-state index is -1.83. The minimum Gasteiger partial charge on any atom is -0.508 e. The highest BCUT2D eigenvalue weighted by Gasteiger charge is 2.48. The molecule has 0 saturated carbocycles. The lowest BCUT2D eigenvalue weighted by molar-refractivity contribution is -0.271. The molecule has 6 atom stereocenters. The highest BCUT2D eigenvalue weighted by Crippen LogP contribution is 2.41. The van der Waals surface area contributed by atoms with E-state index in [9.17, 15) is 35.1 Å². The SMILES string of the molecule is O=C1CC(c2ccc(O[C@@H]3O[C@H](C(=O)O)[C@@H](O)[C@H](O)[C@H]3O)cc2)Oc2cc(O)cc(O)c21. The van der Waals surface area contributed by atoms with E-state index in [2.05, 4.69) is 0 Å². The zero-order chi connectivity index (χ0) is 23.2. The fourth-order valence-corrected chi connectivity index (χ4v) is 3.66. The second-order valence-corrected chi connectivity index (χ2v) is 7.49. The Hall–Kier alpha value is -3.38. The van der Waals surface area contributed by atoms with Gasteiger partial charge < -0.3 is 44.8 Å². The molecule has 1 saturated heterocycles. The molecule has 2 aliphatic rings. The molecule has 6 N–H and O–H groups in total. The fourth-order valence-electron chi connectivity index (χ4n) is 3.66. The average Bonchev–Trinajstić information content (AvgIpc) is 2.73. The summed E-state index contributed by atoms with van der Waals surface area (Å²) in [6.45, 7) is 0. The molecule has 2 aromatic carbocycles. The first kappa shape index (κ1) is 21.8. The van der Waals surface area contributed by atoms with Gasteiger partial charge in [-0.25, -0.2) is 4.79 Å². The zero-order valence-corrected chi connectivity index (χ0v) is 16.4. The zero-order valence-electron chi connectivity index (χ0n) is 16.4. The summed E-state index contributed by atoms with van der Waals surface area (Å²) in [6, 6.07) is 8.34. The van der Waals surface area contributed by atoms with Gasteiger partial charge in [-0.1, -0.05) is 12.1 Å². The molecular formula is C21H20O11. The Bertz CT molecular complexity index is 1030. The quantitative estimate of drug-likeness (QED) is 0.372. The number of aliphatic hydroxyl groups excluding tert-OH is 3. The Morgan fingerprint density at radius 2 is 1.69 bits per heavy atom. The highest BCUT2D eigenvalue weighted by molar-refractivity contribution is 6.02. The van der Waals surface area contributed by atoms with Crippen molar-refractivity contribution < 1.29 is 54.4 Å². The van der Waals surface area contributed by atoms with Crippen molar-refractivity contribution in [3.63, 3.8) is 0 Å². The molecule has 11 heteroatoms. The van der Waals surface area contributed by atoms with Crippen LogP contribution in [0, 0.1) is 0 Å². The first-order valence-electron chi connectivity index (χ1n) is 9.60. The topological polar surface area (TPSA) is 183 Å². The second kappa shape index (κ2) is 8.28. The predicted octanol–water partition coefficient (Wildman–Crippen LogP) is 0.0753. The number of carboxylic acids is 1. The van der Waals surface area contributed by atoms with Gasteiger partial charge in [0, 0.05) is 12.1 Å². The Balaban J connectivity index is 1.49. The summed E-state index contributed by atoms with van der Waals surface area (Å²) >= 11 is 0. The van der Waals surface area contributed by atoms with E-state index in [0.29, 0.717) is 5.56 Å². The molecule has 0 spiro atoms. The summed E-state index contributed by atoms with van der Waals surface area (Å²) in [5.74, 6) is -2.30. The van der Waals surface area contributed by atoms with Gasteiger partial charge in [0.25, 0.3) is 0 Å². The number of Topliss-reactive ketones (excluding diaryl/α,β-unsaturated/α-hetero) is 1. The van der Waals surface area contributed by atoms with E-state index in [4.69, 9.17) is 19.3 Å². The lowest BCUT2D eigenvalue weighted by atomic mass is 9.95. The van der Waals surface area contributed by atoms with Crippen LogP contribution >= 0.6 is 0 Å². The molecule has 0 aliphatic carbocycles. The predicted molar refractivity (Wildman–Crippen MR) is 103 cm³/mol. The third-order valence-corrected chi connectivity index (χ3v) is 5.30. The summed E-state index contributed by atoms with van der Waals surface area (Å²) < 4.78 is 16.3. The van der Waals surface area contributed by atoms with Gasteiger partial charge >= 0.3 is 5.97 Å². The fraction of sp³-hybridized carbons (Fsp3) is 0.333. The normalized spacial score (nSPS) is 29.7. The first-order valence-corrected chi connectivity index (χ1v) is 9.60. The Kier molecular flexibility index (Phi) is 5.65. The molecule has 2 aromatic rings. The van der Waals surface area contributed by atoms with Crippen molar-refractivity contribution in [1.29, 1.82) is 0 Å². The van der Waals surface area contributed by atoms with Crippen molar-refractivity contribution in [2.24, 2.45) is 0 Å². The third-order valence-electron chi connectivity index (χ3n) is 5.30. The maximum Gasteiger partial charge on any atom is 0.335 e. The first-order chi connectivity index (χ1) is 15.2. The van der Waals surface area contributed by atoms with Gasteiger partial charge in [0.2, 0.25) is 6.29 Å². The number of ether oxygens (including phenoxy) is 3. The number of carbonyl (C=O) groups is 2. The number of hydrogen-bond acceptors (Lipinski definition) is 10. The second-order valence-electron chi connectivity index (χ2n) is 7.49. The van der Waals surface area contributed by atoms with Crippen LogP contribution in [-0.4, -0.2) is 73.1 Å². The van der Waals surface area contributed by atoms with Gasteiger partial charge in [0.05, 0.1) is 6.42 Å². The summed E-state index contributed by atoms with van der Waals surface area (Å²) in [6.07, 6.45) is -9.40. The molecule has 1 unspecified atom stereocenters. The van der Waals surface area contributed by atoms with Crippen LogP contribution in [0.5, 0.6) is 23.0 Å². The number of rotatable bonds is 4. The molecule has 170 valence electrons.